The van der Waals surface area contributed by atoms with Gasteiger partial charge in [-0.05, 0) is 35.7 Å². The minimum Gasteiger partial charge on any atom is -0.280 e. The van der Waals surface area contributed by atoms with E-state index in [9.17, 15) is 8.42 Å². The Morgan fingerprint density at radius 3 is 2.00 bits per heavy atom. The number of hydrazone groups is 1. The van der Waals surface area contributed by atoms with E-state index in [-0.39, 0.29) is 17.0 Å². The van der Waals surface area contributed by atoms with Crippen molar-refractivity contribution in [1.29, 1.82) is 0 Å². The Morgan fingerprint density at radius 1 is 0.800 bits per heavy atom. The van der Waals surface area contributed by atoms with Crippen LogP contribution in [0.3, 0.4) is 0 Å². The first-order valence-electron chi connectivity index (χ1n) is 11.6. The summed E-state index contributed by atoms with van der Waals surface area (Å²) in [6, 6.07) is 37.2. The summed E-state index contributed by atoms with van der Waals surface area (Å²) >= 11 is 0. The molecule has 1 heterocycles. The Bertz CT molecular complexity index is 1410. The third-order valence-corrected chi connectivity index (χ3v) is 7.46. The molecule has 1 aliphatic rings. The summed E-state index contributed by atoms with van der Waals surface area (Å²) in [7, 11) is -3.80. The normalized spacial score (nSPS) is 19.8. The molecule has 6 heteroatoms. The van der Waals surface area contributed by atoms with Crippen molar-refractivity contribution in [3.05, 3.63) is 138 Å². The minimum atomic E-state index is -3.80. The predicted molar refractivity (Wildman–Crippen MR) is 139 cm³/mol. The molecule has 1 N–H and O–H groups in total. The first-order chi connectivity index (χ1) is 17.0. The Labute approximate surface area is 206 Å². The predicted octanol–water partition coefficient (Wildman–Crippen LogP) is 5.30. The number of sulfonamides is 1. The molecule has 0 amide bonds. The number of hydrogen-bond acceptors (Lipinski definition) is 4. The second-order valence-electron chi connectivity index (χ2n) is 8.73. The number of nitrogens with one attached hydrogen (secondary N) is 1. The van der Waals surface area contributed by atoms with Gasteiger partial charge in [-0.25, -0.2) is 0 Å². The zero-order valence-corrected chi connectivity index (χ0v) is 20.3. The maximum atomic E-state index is 13.0. The molecular formula is C29H27N3O2S. The highest BCUT2D eigenvalue weighted by molar-refractivity contribution is 7.89. The van der Waals surface area contributed by atoms with Crippen molar-refractivity contribution in [2.24, 2.45) is 5.10 Å². The highest BCUT2D eigenvalue weighted by Gasteiger charge is 2.51. The summed E-state index contributed by atoms with van der Waals surface area (Å²) in [5.41, 5.74) is 4.96. The molecule has 5 rings (SSSR count). The summed E-state index contributed by atoms with van der Waals surface area (Å²) in [5, 5.41) is 4.53. The van der Waals surface area contributed by atoms with Gasteiger partial charge in [-0.15, -0.1) is 0 Å². The minimum absolute atomic E-state index is 0.0688. The van der Waals surface area contributed by atoms with Crippen LogP contribution in [0.4, 0.5) is 0 Å². The van der Waals surface area contributed by atoms with Gasteiger partial charge in [0.05, 0.1) is 22.7 Å². The maximum absolute atomic E-state index is 13.0. The van der Waals surface area contributed by atoms with Gasteiger partial charge in [0.15, 0.2) is 0 Å². The maximum Gasteiger partial charge on any atom is 0.276 e. The van der Waals surface area contributed by atoms with Crippen LogP contribution >= 0.6 is 0 Å². The molecule has 1 unspecified atom stereocenters. The van der Waals surface area contributed by atoms with Crippen molar-refractivity contribution < 1.29 is 8.42 Å². The molecule has 1 fully saturated rings. The lowest BCUT2D eigenvalue weighted by atomic mass is 10.0. The van der Waals surface area contributed by atoms with Crippen LogP contribution in [-0.2, 0) is 16.6 Å². The fourth-order valence-electron chi connectivity index (χ4n) is 4.39. The zero-order valence-electron chi connectivity index (χ0n) is 19.5. The van der Waals surface area contributed by atoms with E-state index in [4.69, 9.17) is 0 Å². The molecule has 4 aromatic rings. The topological polar surface area (TPSA) is 61.5 Å². The smallest absolute Gasteiger partial charge is 0.276 e. The fourth-order valence-corrected chi connectivity index (χ4v) is 5.21. The quantitative estimate of drug-likeness (QED) is 0.211. The van der Waals surface area contributed by atoms with Gasteiger partial charge in [-0.2, -0.15) is 18.4 Å². The lowest BCUT2D eigenvalue weighted by Crippen LogP contribution is -2.24. The molecule has 0 radical (unpaired) electrons. The molecule has 0 spiro atoms. The van der Waals surface area contributed by atoms with E-state index in [2.05, 4.69) is 39.1 Å². The first-order valence-corrected chi connectivity index (χ1v) is 13.1. The van der Waals surface area contributed by atoms with Crippen molar-refractivity contribution in [2.75, 3.05) is 0 Å². The van der Waals surface area contributed by atoms with Crippen LogP contribution in [-0.4, -0.2) is 25.1 Å². The summed E-state index contributed by atoms with van der Waals surface area (Å²) in [5.74, 6) is 0. The second kappa shape index (κ2) is 9.86. The van der Waals surface area contributed by atoms with Crippen molar-refractivity contribution in [2.45, 2.75) is 30.4 Å². The Kier molecular flexibility index (Phi) is 6.49. The number of nitrogens with zero attached hydrogens (tertiary/aromatic N) is 2. The monoisotopic (exact) mass is 481 g/mol. The van der Waals surface area contributed by atoms with Gasteiger partial charge in [-0.3, -0.25) is 4.90 Å². The Balaban J connectivity index is 1.51. The van der Waals surface area contributed by atoms with E-state index < -0.39 is 10.0 Å². The third-order valence-electron chi connectivity index (χ3n) is 6.24. The molecule has 4 aromatic carbocycles. The molecular weight excluding hydrogens is 454 g/mol. The number of hydrogen-bond donors (Lipinski definition) is 1. The van der Waals surface area contributed by atoms with E-state index >= 15 is 0 Å². The molecule has 0 aliphatic carbocycles. The van der Waals surface area contributed by atoms with Crippen molar-refractivity contribution in [3.63, 3.8) is 0 Å². The van der Waals surface area contributed by atoms with Crippen LogP contribution in [0.25, 0.3) is 0 Å². The van der Waals surface area contributed by atoms with E-state index in [1.54, 1.807) is 24.3 Å². The highest BCUT2D eigenvalue weighted by atomic mass is 32.2. The first kappa shape index (κ1) is 23.0. The lowest BCUT2D eigenvalue weighted by molar-refractivity contribution is 0.497. The van der Waals surface area contributed by atoms with E-state index in [0.29, 0.717) is 5.71 Å². The molecule has 1 saturated heterocycles. The molecule has 1 aliphatic heterocycles. The second-order valence-corrected chi connectivity index (χ2v) is 10.4. The van der Waals surface area contributed by atoms with Crippen LogP contribution < -0.4 is 4.83 Å². The molecule has 0 bridgehead atoms. The van der Waals surface area contributed by atoms with Gasteiger partial charge in [-0.1, -0.05) is 109 Å². The average molecular weight is 482 g/mol. The average Bonchev–Trinajstić information content (AvgIpc) is 3.59. The molecule has 0 saturated carbocycles. The van der Waals surface area contributed by atoms with E-state index in [0.717, 1.165) is 17.7 Å². The number of benzene rings is 4. The van der Waals surface area contributed by atoms with E-state index in [1.807, 2.05) is 73.7 Å². The summed E-state index contributed by atoms with van der Waals surface area (Å²) in [6.45, 7) is 2.66. The third kappa shape index (κ3) is 5.19. The van der Waals surface area contributed by atoms with Crippen LogP contribution in [0.5, 0.6) is 0 Å². The van der Waals surface area contributed by atoms with Gasteiger partial charge in [0, 0.05) is 6.54 Å². The molecule has 5 nitrogen and oxygen atoms in total. The van der Waals surface area contributed by atoms with E-state index in [1.165, 1.54) is 11.1 Å². The van der Waals surface area contributed by atoms with Crippen LogP contribution in [0.1, 0.15) is 28.3 Å². The molecule has 3 atom stereocenters. The number of rotatable bonds is 8. The Hall–Kier alpha value is -3.74. The summed E-state index contributed by atoms with van der Waals surface area (Å²) < 4.78 is 26.0. The van der Waals surface area contributed by atoms with Crippen molar-refractivity contribution in [3.8, 4) is 0 Å². The van der Waals surface area contributed by atoms with Crippen LogP contribution in [0, 0.1) is 6.92 Å². The van der Waals surface area contributed by atoms with Gasteiger partial charge in [0.25, 0.3) is 10.0 Å². The zero-order chi connectivity index (χ0) is 24.3. The highest BCUT2D eigenvalue weighted by Crippen LogP contribution is 2.46. The molecule has 35 heavy (non-hydrogen) atoms. The van der Waals surface area contributed by atoms with Crippen LogP contribution in [0.15, 0.2) is 125 Å². The van der Waals surface area contributed by atoms with Crippen molar-refractivity contribution in [1.82, 2.24) is 9.73 Å². The Morgan fingerprint density at radius 2 is 1.37 bits per heavy atom. The lowest BCUT2D eigenvalue weighted by Gasteiger charge is -2.10. The molecule has 176 valence electrons. The largest absolute Gasteiger partial charge is 0.280 e. The molecule has 0 aromatic heterocycles. The van der Waals surface area contributed by atoms with Gasteiger partial charge in [0.2, 0.25) is 0 Å². The SMILES string of the molecule is Cc1ccc(S(=O)(=O)N/N=C(/c2ccccc2)[C@H]2[C@@H](c3ccccc3)N2Cc2ccccc2)cc1. The van der Waals surface area contributed by atoms with Crippen molar-refractivity contribution >= 4 is 15.7 Å². The number of aryl methyl sites for hydroxylation is 1. The van der Waals surface area contributed by atoms with Crippen LogP contribution in [0.2, 0.25) is 0 Å². The fraction of sp³-hybridized carbons (Fsp3) is 0.138. The van der Waals surface area contributed by atoms with Gasteiger partial charge < -0.3 is 0 Å². The summed E-state index contributed by atoms with van der Waals surface area (Å²) in [6.07, 6.45) is 0. The summed E-state index contributed by atoms with van der Waals surface area (Å²) in [4.78, 5) is 5.04. The van der Waals surface area contributed by atoms with Gasteiger partial charge >= 0.3 is 0 Å². The standard InChI is InChI=1S/C29H27N3O2S/c1-22-17-19-26(20-18-22)35(33,34)31-30-27(24-13-7-3-8-14-24)29-28(25-15-9-4-10-16-25)32(29)21-23-11-5-2-6-12-23/h2-20,28-29,31H,21H2,1H3/b30-27-/t28-,29+,32?/m1/s1. The van der Waals surface area contributed by atoms with Gasteiger partial charge in [0.1, 0.15) is 0 Å².